The summed E-state index contributed by atoms with van der Waals surface area (Å²) in [5.74, 6) is -1.52. The molecule has 178 valence electrons. The van der Waals surface area contributed by atoms with E-state index in [1.54, 1.807) is 11.8 Å². The Balaban J connectivity index is 1.92. The summed E-state index contributed by atoms with van der Waals surface area (Å²) in [6.45, 7) is 5.28. The van der Waals surface area contributed by atoms with E-state index in [1.807, 2.05) is 13.8 Å². The summed E-state index contributed by atoms with van der Waals surface area (Å²) in [6.07, 6.45) is -4.91. The van der Waals surface area contributed by atoms with Gasteiger partial charge in [-0.1, -0.05) is 13.8 Å². The number of hydrogen-bond donors (Lipinski definition) is 1. The van der Waals surface area contributed by atoms with E-state index >= 15 is 0 Å². The lowest BCUT2D eigenvalue weighted by Crippen LogP contribution is -2.45. The number of rotatable bonds is 4. The number of nitrogens with zero attached hydrogens (tertiary/aromatic N) is 2. The van der Waals surface area contributed by atoms with Gasteiger partial charge in [0.1, 0.15) is 18.2 Å². The molecule has 34 heavy (non-hydrogen) atoms. The smallest absolute Gasteiger partial charge is 0.406 e. The van der Waals surface area contributed by atoms with Crippen molar-refractivity contribution in [3.63, 3.8) is 0 Å². The Bertz CT molecular complexity index is 1320. The lowest BCUT2D eigenvalue weighted by atomic mass is 9.98. The topological polar surface area (TPSA) is 65.6 Å². The summed E-state index contributed by atoms with van der Waals surface area (Å²) in [5, 5.41) is 0. The Kier molecular flexibility index (Phi) is 5.84. The van der Waals surface area contributed by atoms with Crippen LogP contribution in [0.1, 0.15) is 41.4 Å². The number of carbonyl (C=O) groups is 1. The molecular weight excluding hydrogens is 454 g/mol. The molecule has 3 aromatic rings. The second kappa shape index (κ2) is 8.51. The molecule has 6 nitrogen and oxygen atoms in total. The van der Waals surface area contributed by atoms with Crippen molar-refractivity contribution in [2.75, 3.05) is 16.5 Å². The second-order valence-electron chi connectivity index (χ2n) is 8.22. The van der Waals surface area contributed by atoms with E-state index < -0.39 is 23.8 Å². The Morgan fingerprint density at radius 1 is 0.941 bits per heavy atom. The Labute approximate surface area is 192 Å². The number of alkyl halides is 3. The van der Waals surface area contributed by atoms with Gasteiger partial charge in [0.25, 0.3) is 5.91 Å². The van der Waals surface area contributed by atoms with Crippen LogP contribution in [-0.4, -0.2) is 23.9 Å². The molecule has 1 aliphatic rings. The van der Waals surface area contributed by atoms with Crippen molar-refractivity contribution in [1.82, 2.24) is 4.98 Å². The van der Waals surface area contributed by atoms with Gasteiger partial charge < -0.3 is 14.6 Å². The zero-order chi connectivity index (χ0) is 24.8. The van der Waals surface area contributed by atoms with Gasteiger partial charge in [-0.15, -0.1) is 13.2 Å². The summed E-state index contributed by atoms with van der Waals surface area (Å²) >= 11 is 0. The van der Waals surface area contributed by atoms with Crippen LogP contribution in [0, 0.1) is 12.7 Å². The number of carbonyl (C=O) groups excluding carboxylic acids is 1. The first-order valence-electron chi connectivity index (χ1n) is 10.4. The number of anilines is 3. The maximum Gasteiger partial charge on any atom is 0.573 e. The number of halogens is 4. The number of amides is 1. The first kappa shape index (κ1) is 23.3. The molecule has 0 aliphatic carbocycles. The third-order valence-electron chi connectivity index (χ3n) is 5.53. The van der Waals surface area contributed by atoms with Gasteiger partial charge in [-0.05, 0) is 54.8 Å². The summed E-state index contributed by atoms with van der Waals surface area (Å²) in [4.78, 5) is 30.8. The number of pyridine rings is 1. The highest BCUT2D eigenvalue weighted by molar-refractivity contribution is 6.13. The molecule has 0 saturated heterocycles. The van der Waals surface area contributed by atoms with Crippen LogP contribution < -0.4 is 20.1 Å². The molecule has 1 amide bonds. The quantitative estimate of drug-likeness (QED) is 0.499. The van der Waals surface area contributed by atoms with Crippen molar-refractivity contribution in [3.8, 4) is 5.75 Å². The lowest BCUT2D eigenvalue weighted by Gasteiger charge is -2.39. The highest BCUT2D eigenvalue weighted by Crippen LogP contribution is 2.41. The number of aryl methyl sites for hydroxylation is 1. The average Bonchev–Trinajstić information content (AvgIpc) is 2.73. The molecule has 1 aromatic heterocycles. The lowest BCUT2D eigenvalue weighted by molar-refractivity contribution is -0.274. The van der Waals surface area contributed by atoms with Crippen molar-refractivity contribution in [2.45, 2.75) is 33.1 Å². The zero-order valence-corrected chi connectivity index (χ0v) is 18.5. The summed E-state index contributed by atoms with van der Waals surface area (Å²) in [7, 11) is 0. The van der Waals surface area contributed by atoms with E-state index in [1.165, 1.54) is 41.3 Å². The number of H-pyrrole nitrogens is 1. The van der Waals surface area contributed by atoms with Crippen LogP contribution >= 0.6 is 0 Å². The fourth-order valence-electron chi connectivity index (χ4n) is 4.03. The summed E-state index contributed by atoms with van der Waals surface area (Å²) in [5.41, 5.74) is 2.01. The van der Waals surface area contributed by atoms with Gasteiger partial charge in [0.05, 0.1) is 16.9 Å². The highest BCUT2D eigenvalue weighted by Gasteiger charge is 2.36. The van der Waals surface area contributed by atoms with Crippen molar-refractivity contribution in [3.05, 3.63) is 81.5 Å². The summed E-state index contributed by atoms with van der Waals surface area (Å²) < 4.78 is 56.7. The SMILES string of the molecule is Cc1[nH]c(=O)ccc1N1CN(c2ccc(F)cc2C(C)C)c2cc(OC(F)(F)F)ccc2C1=O. The van der Waals surface area contributed by atoms with E-state index in [0.29, 0.717) is 22.6 Å². The molecule has 0 atom stereocenters. The molecule has 0 spiro atoms. The third-order valence-corrected chi connectivity index (χ3v) is 5.53. The molecule has 2 aromatic carbocycles. The van der Waals surface area contributed by atoms with E-state index in [0.717, 1.165) is 12.1 Å². The maximum absolute atomic E-state index is 14.1. The Morgan fingerprint density at radius 2 is 1.65 bits per heavy atom. The molecular formula is C24H21F4N3O3. The van der Waals surface area contributed by atoms with Crippen LogP contribution in [0.25, 0.3) is 0 Å². The van der Waals surface area contributed by atoms with Gasteiger partial charge in [-0.3, -0.25) is 14.5 Å². The third kappa shape index (κ3) is 4.48. The van der Waals surface area contributed by atoms with Crippen LogP contribution in [0.3, 0.4) is 0 Å². The fraction of sp³-hybridized carbons (Fsp3) is 0.250. The Morgan fingerprint density at radius 3 is 2.29 bits per heavy atom. The minimum absolute atomic E-state index is 0.0838. The van der Waals surface area contributed by atoms with E-state index in [4.69, 9.17) is 0 Å². The van der Waals surface area contributed by atoms with Crippen LogP contribution in [-0.2, 0) is 0 Å². The highest BCUT2D eigenvalue weighted by atomic mass is 19.4. The first-order valence-corrected chi connectivity index (χ1v) is 10.4. The van der Waals surface area contributed by atoms with Crippen molar-refractivity contribution < 1.29 is 27.1 Å². The van der Waals surface area contributed by atoms with E-state index in [9.17, 15) is 27.2 Å². The van der Waals surface area contributed by atoms with Gasteiger partial charge in [-0.25, -0.2) is 4.39 Å². The van der Waals surface area contributed by atoms with Gasteiger partial charge in [0.15, 0.2) is 0 Å². The largest absolute Gasteiger partial charge is 0.573 e. The minimum Gasteiger partial charge on any atom is -0.406 e. The maximum atomic E-state index is 14.1. The van der Waals surface area contributed by atoms with Crippen LogP contribution in [0.4, 0.5) is 34.6 Å². The molecule has 4 rings (SSSR count). The van der Waals surface area contributed by atoms with Crippen LogP contribution in [0.2, 0.25) is 0 Å². The van der Waals surface area contributed by atoms with Crippen molar-refractivity contribution >= 4 is 23.0 Å². The summed E-state index contributed by atoms with van der Waals surface area (Å²) in [6, 6.07) is 10.4. The molecule has 0 fully saturated rings. The van der Waals surface area contributed by atoms with Crippen molar-refractivity contribution in [2.24, 2.45) is 0 Å². The van der Waals surface area contributed by atoms with Gasteiger partial charge in [-0.2, -0.15) is 0 Å². The molecule has 0 unspecified atom stereocenters. The van der Waals surface area contributed by atoms with Gasteiger partial charge >= 0.3 is 6.36 Å². The number of fused-ring (bicyclic) bond motifs is 1. The monoisotopic (exact) mass is 475 g/mol. The van der Waals surface area contributed by atoms with Gasteiger partial charge in [0, 0.05) is 23.5 Å². The second-order valence-corrected chi connectivity index (χ2v) is 8.22. The molecule has 1 N–H and O–H groups in total. The molecule has 2 heterocycles. The van der Waals surface area contributed by atoms with Crippen molar-refractivity contribution in [1.29, 1.82) is 0 Å². The number of aromatic nitrogens is 1. The molecule has 0 saturated carbocycles. The number of aromatic amines is 1. The number of ether oxygens (including phenoxy) is 1. The molecule has 0 bridgehead atoms. The molecule has 1 aliphatic heterocycles. The zero-order valence-electron chi connectivity index (χ0n) is 18.5. The number of hydrogen-bond acceptors (Lipinski definition) is 4. The van der Waals surface area contributed by atoms with E-state index in [2.05, 4.69) is 9.72 Å². The number of benzene rings is 2. The van der Waals surface area contributed by atoms with Crippen LogP contribution in [0.15, 0.2) is 53.3 Å². The minimum atomic E-state index is -4.91. The fourth-order valence-corrected chi connectivity index (χ4v) is 4.03. The Hall–Kier alpha value is -3.82. The molecule has 10 heteroatoms. The normalized spacial score (nSPS) is 13.9. The number of nitrogens with one attached hydrogen (secondary N) is 1. The molecule has 0 radical (unpaired) electrons. The average molecular weight is 475 g/mol. The van der Waals surface area contributed by atoms with Gasteiger partial charge in [0.2, 0.25) is 5.56 Å². The predicted molar refractivity (Wildman–Crippen MR) is 119 cm³/mol. The van der Waals surface area contributed by atoms with Crippen LogP contribution in [0.5, 0.6) is 5.75 Å². The standard InChI is InChI=1S/C24H21F4N3O3/c1-13(2)18-10-15(25)4-7-20(18)30-12-31(19-8-9-22(32)29-14(19)3)23(33)17-6-5-16(11-21(17)30)34-24(26,27)28/h4-11,13H,12H2,1-3H3,(H,29,32). The first-order chi connectivity index (χ1) is 15.9. The predicted octanol–water partition coefficient (Wildman–Crippen LogP) is 5.60. The van der Waals surface area contributed by atoms with E-state index in [-0.39, 0.29) is 29.4 Å².